The van der Waals surface area contributed by atoms with Crippen molar-refractivity contribution in [3.8, 4) is 0 Å². The van der Waals surface area contributed by atoms with Crippen molar-refractivity contribution in [2.45, 2.75) is 25.5 Å². The van der Waals surface area contributed by atoms with Gasteiger partial charge in [-0.15, -0.1) is 0 Å². The fourth-order valence-electron chi connectivity index (χ4n) is 2.03. The first kappa shape index (κ1) is 12.0. The van der Waals surface area contributed by atoms with Gasteiger partial charge in [0.15, 0.2) is 0 Å². The minimum Gasteiger partial charge on any atom is -0.387 e. The molecule has 0 aliphatic carbocycles. The van der Waals surface area contributed by atoms with E-state index in [9.17, 15) is 9.50 Å². The molecular weight excluding hydrogens is 273 g/mol. The van der Waals surface area contributed by atoms with Crippen LogP contribution in [0.25, 0.3) is 0 Å². The second-order valence-electron chi connectivity index (χ2n) is 4.46. The first-order chi connectivity index (χ1) is 7.52. The Labute approximate surface area is 103 Å². The van der Waals surface area contributed by atoms with Crippen molar-refractivity contribution in [2.24, 2.45) is 0 Å². The maximum Gasteiger partial charge on any atom is 0.123 e. The molecule has 4 heteroatoms. The van der Waals surface area contributed by atoms with Crippen LogP contribution in [0, 0.1) is 5.82 Å². The Balaban J connectivity index is 1.99. The molecule has 0 amide bonds. The zero-order chi connectivity index (χ0) is 11.8. The Kier molecular flexibility index (Phi) is 3.33. The van der Waals surface area contributed by atoms with Crippen LogP contribution in [0.15, 0.2) is 22.7 Å². The molecule has 88 valence electrons. The first-order valence-electron chi connectivity index (χ1n) is 5.41. The van der Waals surface area contributed by atoms with E-state index in [2.05, 4.69) is 20.8 Å². The van der Waals surface area contributed by atoms with Crippen molar-refractivity contribution < 1.29 is 9.50 Å². The average Bonchev–Trinajstić information content (AvgIpc) is 2.21. The van der Waals surface area contributed by atoms with Crippen LogP contribution < -0.4 is 0 Å². The predicted molar refractivity (Wildman–Crippen MR) is 64.6 cm³/mol. The molecule has 1 aliphatic rings. The highest BCUT2D eigenvalue weighted by molar-refractivity contribution is 9.10. The van der Waals surface area contributed by atoms with Crippen LogP contribution >= 0.6 is 15.9 Å². The Morgan fingerprint density at radius 2 is 2.19 bits per heavy atom. The number of aliphatic hydroxyl groups is 1. The van der Waals surface area contributed by atoms with E-state index in [0.717, 1.165) is 16.5 Å². The van der Waals surface area contributed by atoms with Crippen molar-refractivity contribution >= 4 is 15.9 Å². The molecule has 0 unspecified atom stereocenters. The van der Waals surface area contributed by atoms with Crippen LogP contribution in [-0.4, -0.2) is 28.7 Å². The molecule has 1 aromatic rings. The van der Waals surface area contributed by atoms with Crippen LogP contribution in [-0.2, 0) is 6.54 Å². The molecule has 1 saturated heterocycles. The fraction of sp³-hybridized carbons (Fsp3) is 0.500. The van der Waals surface area contributed by atoms with Gasteiger partial charge >= 0.3 is 0 Å². The minimum atomic E-state index is -0.528. The summed E-state index contributed by atoms with van der Waals surface area (Å²) in [6.45, 7) is 4.01. The third-order valence-corrected chi connectivity index (χ3v) is 3.87. The van der Waals surface area contributed by atoms with Crippen molar-refractivity contribution in [1.82, 2.24) is 4.90 Å². The fourth-order valence-corrected chi connectivity index (χ4v) is 2.40. The van der Waals surface area contributed by atoms with Crippen molar-refractivity contribution in [3.63, 3.8) is 0 Å². The summed E-state index contributed by atoms with van der Waals surface area (Å²) >= 11 is 3.40. The maximum atomic E-state index is 13.0. The standard InChI is InChI=1S/C12H15BrFNO/c1-2-12(16)7-15(8-12)6-9-5-10(14)3-4-11(9)13/h3-5,16H,2,6-8H2,1H3. The first-order valence-corrected chi connectivity index (χ1v) is 6.20. The van der Waals surface area contributed by atoms with E-state index >= 15 is 0 Å². The summed E-state index contributed by atoms with van der Waals surface area (Å²) in [6.07, 6.45) is 0.772. The molecular formula is C12H15BrFNO. The van der Waals surface area contributed by atoms with Gasteiger partial charge in [-0.2, -0.15) is 0 Å². The van der Waals surface area contributed by atoms with E-state index in [-0.39, 0.29) is 5.82 Å². The lowest BCUT2D eigenvalue weighted by atomic mass is 9.91. The molecule has 1 fully saturated rings. The average molecular weight is 288 g/mol. The van der Waals surface area contributed by atoms with Gasteiger partial charge in [-0.1, -0.05) is 22.9 Å². The molecule has 0 aromatic heterocycles. The molecule has 16 heavy (non-hydrogen) atoms. The zero-order valence-electron chi connectivity index (χ0n) is 9.21. The molecule has 1 heterocycles. The lowest BCUT2D eigenvalue weighted by Gasteiger charge is -2.46. The van der Waals surface area contributed by atoms with E-state index in [4.69, 9.17) is 0 Å². The SMILES string of the molecule is CCC1(O)CN(Cc2cc(F)ccc2Br)C1. The second kappa shape index (κ2) is 4.43. The Morgan fingerprint density at radius 1 is 1.50 bits per heavy atom. The summed E-state index contributed by atoms with van der Waals surface area (Å²) in [4.78, 5) is 2.11. The van der Waals surface area contributed by atoms with E-state index in [1.807, 2.05) is 6.92 Å². The number of benzene rings is 1. The molecule has 1 aliphatic heterocycles. The van der Waals surface area contributed by atoms with Gasteiger partial charge in [0, 0.05) is 24.1 Å². The van der Waals surface area contributed by atoms with Gasteiger partial charge in [0.05, 0.1) is 5.60 Å². The van der Waals surface area contributed by atoms with Crippen LogP contribution in [0.4, 0.5) is 4.39 Å². The zero-order valence-corrected chi connectivity index (χ0v) is 10.8. The minimum absolute atomic E-state index is 0.218. The highest BCUT2D eigenvalue weighted by Crippen LogP contribution is 2.28. The summed E-state index contributed by atoms with van der Waals surface area (Å²) in [5.41, 5.74) is 0.401. The van der Waals surface area contributed by atoms with Crippen LogP contribution in [0.1, 0.15) is 18.9 Å². The molecule has 0 saturated carbocycles. The third kappa shape index (κ3) is 2.44. The van der Waals surface area contributed by atoms with Crippen molar-refractivity contribution in [3.05, 3.63) is 34.1 Å². The van der Waals surface area contributed by atoms with E-state index in [0.29, 0.717) is 19.6 Å². The lowest BCUT2D eigenvalue weighted by molar-refractivity contribution is -0.103. The van der Waals surface area contributed by atoms with Crippen molar-refractivity contribution in [1.29, 1.82) is 0 Å². The quantitative estimate of drug-likeness (QED) is 0.924. The number of hydrogen-bond acceptors (Lipinski definition) is 2. The van der Waals surface area contributed by atoms with Gasteiger partial charge < -0.3 is 5.11 Å². The summed E-state index contributed by atoms with van der Waals surface area (Å²) in [6, 6.07) is 4.69. The Bertz CT molecular complexity index is 391. The highest BCUT2D eigenvalue weighted by atomic mass is 79.9. The number of β-amino-alcohol motifs (C(OH)–C–C–N with tert-alkyl or cyclic N) is 1. The number of likely N-dealkylation sites (tertiary alicyclic amines) is 1. The Hall–Kier alpha value is -0.450. The second-order valence-corrected chi connectivity index (χ2v) is 5.31. The molecule has 0 spiro atoms. The molecule has 0 bridgehead atoms. The molecule has 2 rings (SSSR count). The number of nitrogens with zero attached hydrogens (tertiary/aromatic N) is 1. The summed E-state index contributed by atoms with van der Waals surface area (Å²) < 4.78 is 14.0. The number of halogens is 2. The third-order valence-electron chi connectivity index (χ3n) is 3.10. The predicted octanol–water partition coefficient (Wildman–Crippen LogP) is 2.54. The van der Waals surface area contributed by atoms with Gasteiger partial charge in [-0.3, -0.25) is 4.90 Å². The highest BCUT2D eigenvalue weighted by Gasteiger charge is 2.39. The number of rotatable bonds is 3. The van der Waals surface area contributed by atoms with Gasteiger partial charge in [0.1, 0.15) is 5.82 Å². The molecule has 0 radical (unpaired) electrons. The summed E-state index contributed by atoms with van der Waals surface area (Å²) in [5, 5.41) is 9.86. The summed E-state index contributed by atoms with van der Waals surface area (Å²) in [7, 11) is 0. The Morgan fingerprint density at radius 3 is 2.81 bits per heavy atom. The molecule has 1 N–H and O–H groups in total. The topological polar surface area (TPSA) is 23.5 Å². The number of hydrogen-bond donors (Lipinski definition) is 1. The normalized spacial score (nSPS) is 19.5. The molecule has 1 aromatic carbocycles. The van der Waals surface area contributed by atoms with E-state index < -0.39 is 5.60 Å². The van der Waals surface area contributed by atoms with Crippen molar-refractivity contribution in [2.75, 3.05) is 13.1 Å². The van der Waals surface area contributed by atoms with Gasteiger partial charge in [-0.05, 0) is 30.2 Å². The van der Waals surface area contributed by atoms with Crippen LogP contribution in [0.5, 0.6) is 0 Å². The maximum absolute atomic E-state index is 13.0. The monoisotopic (exact) mass is 287 g/mol. The van der Waals surface area contributed by atoms with Crippen LogP contribution in [0.2, 0.25) is 0 Å². The molecule has 0 atom stereocenters. The molecule has 2 nitrogen and oxygen atoms in total. The van der Waals surface area contributed by atoms with Gasteiger partial charge in [-0.25, -0.2) is 4.39 Å². The van der Waals surface area contributed by atoms with E-state index in [1.54, 1.807) is 6.07 Å². The van der Waals surface area contributed by atoms with E-state index in [1.165, 1.54) is 12.1 Å². The van der Waals surface area contributed by atoms with Gasteiger partial charge in [0.2, 0.25) is 0 Å². The van der Waals surface area contributed by atoms with Crippen LogP contribution in [0.3, 0.4) is 0 Å². The largest absolute Gasteiger partial charge is 0.387 e. The summed E-state index contributed by atoms with van der Waals surface area (Å²) in [5.74, 6) is -0.218. The van der Waals surface area contributed by atoms with Gasteiger partial charge in [0.25, 0.3) is 0 Å². The smallest absolute Gasteiger partial charge is 0.123 e. The lowest BCUT2D eigenvalue weighted by Crippen LogP contribution is -2.60.